The van der Waals surface area contributed by atoms with Crippen molar-refractivity contribution in [2.75, 3.05) is 26.8 Å². The number of methoxy groups -OCH3 is 1. The summed E-state index contributed by atoms with van der Waals surface area (Å²) in [7, 11) is 1.35. The van der Waals surface area contributed by atoms with Gasteiger partial charge in [-0.2, -0.15) is 0 Å². The highest BCUT2D eigenvalue weighted by atomic mass is 35.5. The van der Waals surface area contributed by atoms with Crippen molar-refractivity contribution in [1.29, 1.82) is 0 Å². The quantitative estimate of drug-likeness (QED) is 0.633. The Morgan fingerprint density at radius 1 is 1.72 bits per heavy atom. The van der Waals surface area contributed by atoms with E-state index in [0.717, 1.165) is 12.1 Å². The Kier molecular flexibility index (Phi) is 4.55. The van der Waals surface area contributed by atoms with Crippen LogP contribution >= 0.6 is 35.2 Å². The highest BCUT2D eigenvalue weighted by Gasteiger charge is 2.21. The van der Waals surface area contributed by atoms with Gasteiger partial charge in [0.15, 0.2) is 5.05 Å². The lowest BCUT2D eigenvalue weighted by atomic mass is 10.2. The maximum Gasteiger partial charge on any atom is 0.349 e. The molecule has 0 bridgehead atoms. The molecular formula is C11H12ClNO3S2. The van der Waals surface area contributed by atoms with E-state index >= 15 is 0 Å². The van der Waals surface area contributed by atoms with Crippen LogP contribution in [0.15, 0.2) is 5.38 Å². The molecule has 0 aliphatic carbocycles. The molecule has 2 heterocycles. The van der Waals surface area contributed by atoms with Gasteiger partial charge in [-0.15, -0.1) is 11.3 Å². The van der Waals surface area contributed by atoms with Crippen molar-refractivity contribution in [2.24, 2.45) is 0 Å². The third-order valence-electron chi connectivity index (χ3n) is 2.59. The fourth-order valence-electron chi connectivity index (χ4n) is 1.69. The van der Waals surface area contributed by atoms with Gasteiger partial charge in [-0.1, -0.05) is 11.6 Å². The van der Waals surface area contributed by atoms with Gasteiger partial charge in [-0.3, -0.25) is 4.90 Å². The molecule has 1 saturated heterocycles. The first-order valence-corrected chi connectivity index (χ1v) is 7.00. The van der Waals surface area contributed by atoms with E-state index in [4.69, 9.17) is 28.6 Å². The van der Waals surface area contributed by atoms with Gasteiger partial charge in [0.1, 0.15) is 11.5 Å². The molecule has 0 N–H and O–H groups in total. The van der Waals surface area contributed by atoms with Crippen molar-refractivity contribution < 1.29 is 14.3 Å². The molecule has 1 aromatic heterocycles. The van der Waals surface area contributed by atoms with Gasteiger partial charge < -0.3 is 9.47 Å². The van der Waals surface area contributed by atoms with Crippen LogP contribution < -0.4 is 0 Å². The van der Waals surface area contributed by atoms with Crippen molar-refractivity contribution in [3.8, 4) is 0 Å². The summed E-state index contributed by atoms with van der Waals surface area (Å²) in [6.45, 7) is 2.69. The van der Waals surface area contributed by atoms with E-state index in [-0.39, 0.29) is 0 Å². The van der Waals surface area contributed by atoms with E-state index in [1.54, 1.807) is 0 Å². The van der Waals surface area contributed by atoms with Gasteiger partial charge in [-0.05, 0) is 23.2 Å². The minimum absolute atomic E-state index is 0.395. The lowest BCUT2D eigenvalue weighted by Gasteiger charge is -2.27. The third kappa shape index (κ3) is 3.00. The smallest absolute Gasteiger partial charge is 0.349 e. The Labute approximate surface area is 119 Å². The number of ether oxygens (including phenoxy) is 2. The van der Waals surface area contributed by atoms with Crippen LogP contribution in [0.1, 0.15) is 15.2 Å². The topological polar surface area (TPSA) is 38.8 Å². The Morgan fingerprint density at radius 3 is 3.17 bits per heavy atom. The van der Waals surface area contributed by atoms with Crippen LogP contribution in [0.3, 0.4) is 0 Å². The van der Waals surface area contributed by atoms with E-state index in [0.29, 0.717) is 34.6 Å². The second-order valence-corrected chi connectivity index (χ2v) is 5.54. The SMILES string of the molecule is COC(=O)c1scc(CN2CCOC(=S)C2)c1Cl. The van der Waals surface area contributed by atoms with Crippen molar-refractivity contribution in [3.05, 3.63) is 20.8 Å². The fraction of sp³-hybridized carbons (Fsp3) is 0.455. The number of hydrogen-bond acceptors (Lipinski definition) is 6. The fourth-order valence-corrected chi connectivity index (χ4v) is 3.21. The molecule has 0 saturated carbocycles. The monoisotopic (exact) mass is 305 g/mol. The highest BCUT2D eigenvalue weighted by Crippen LogP contribution is 2.29. The molecule has 0 atom stereocenters. The van der Waals surface area contributed by atoms with Gasteiger partial charge in [-0.25, -0.2) is 4.79 Å². The van der Waals surface area contributed by atoms with E-state index in [1.807, 2.05) is 5.38 Å². The average molecular weight is 306 g/mol. The van der Waals surface area contributed by atoms with Crippen LogP contribution in [-0.2, 0) is 16.0 Å². The molecule has 2 rings (SSSR count). The number of carbonyl (C=O) groups is 1. The van der Waals surface area contributed by atoms with Gasteiger partial charge >= 0.3 is 5.97 Å². The van der Waals surface area contributed by atoms with Crippen LogP contribution in [-0.4, -0.2) is 42.7 Å². The number of morpholine rings is 1. The van der Waals surface area contributed by atoms with Crippen LogP contribution in [0.2, 0.25) is 5.02 Å². The lowest BCUT2D eigenvalue weighted by Crippen LogP contribution is -2.38. The molecule has 0 aromatic carbocycles. The minimum Gasteiger partial charge on any atom is -0.484 e. The number of rotatable bonds is 3. The number of thiophene rings is 1. The molecule has 98 valence electrons. The van der Waals surface area contributed by atoms with E-state index in [1.165, 1.54) is 18.4 Å². The first kappa shape index (κ1) is 13.7. The Morgan fingerprint density at radius 2 is 2.50 bits per heavy atom. The van der Waals surface area contributed by atoms with Crippen molar-refractivity contribution in [3.63, 3.8) is 0 Å². The first-order valence-electron chi connectivity index (χ1n) is 5.34. The maximum absolute atomic E-state index is 11.4. The number of halogens is 1. The van der Waals surface area contributed by atoms with Gasteiger partial charge in [0, 0.05) is 13.1 Å². The molecule has 0 radical (unpaired) electrons. The molecule has 0 amide bonds. The Bertz CT molecular complexity index is 475. The molecule has 1 aliphatic heterocycles. The molecule has 4 nitrogen and oxygen atoms in total. The summed E-state index contributed by atoms with van der Waals surface area (Å²) >= 11 is 12.5. The lowest BCUT2D eigenvalue weighted by molar-refractivity contribution is 0.0606. The molecular weight excluding hydrogens is 294 g/mol. The second kappa shape index (κ2) is 5.97. The van der Waals surface area contributed by atoms with Crippen LogP contribution in [0.5, 0.6) is 0 Å². The molecule has 0 spiro atoms. The summed E-state index contributed by atoms with van der Waals surface area (Å²) in [5.41, 5.74) is 0.923. The van der Waals surface area contributed by atoms with Gasteiger partial charge in [0.2, 0.25) is 0 Å². The summed E-state index contributed by atoms with van der Waals surface area (Å²) in [6, 6.07) is 0. The molecule has 1 aromatic rings. The molecule has 18 heavy (non-hydrogen) atoms. The van der Waals surface area contributed by atoms with E-state index < -0.39 is 5.97 Å². The standard InChI is InChI=1S/C11H12ClNO3S2/c1-15-11(14)10-9(12)7(6-18-10)4-13-2-3-16-8(17)5-13/h6H,2-5H2,1H3. The summed E-state index contributed by atoms with van der Waals surface area (Å²) < 4.78 is 9.89. The van der Waals surface area contributed by atoms with Gasteiger partial charge in [0.25, 0.3) is 0 Å². The first-order chi connectivity index (χ1) is 8.61. The normalized spacial score (nSPS) is 16.4. The Balaban J connectivity index is 2.08. The second-order valence-electron chi connectivity index (χ2n) is 3.83. The number of carbonyl (C=O) groups excluding carboxylic acids is 1. The highest BCUT2D eigenvalue weighted by molar-refractivity contribution is 7.80. The van der Waals surface area contributed by atoms with E-state index in [2.05, 4.69) is 9.64 Å². The number of thiocarbonyl (C=S) groups is 1. The van der Waals surface area contributed by atoms with Crippen LogP contribution in [0, 0.1) is 0 Å². The maximum atomic E-state index is 11.4. The number of hydrogen-bond donors (Lipinski definition) is 0. The van der Waals surface area contributed by atoms with Crippen molar-refractivity contribution >= 4 is 46.2 Å². The molecule has 0 unspecified atom stereocenters. The molecule has 1 aliphatic rings. The summed E-state index contributed by atoms with van der Waals surface area (Å²) in [6.07, 6.45) is 0. The van der Waals surface area contributed by atoms with Gasteiger partial charge in [0.05, 0.1) is 18.7 Å². The predicted molar refractivity (Wildman–Crippen MR) is 74.5 cm³/mol. The number of nitrogens with zero attached hydrogens (tertiary/aromatic N) is 1. The zero-order valence-electron chi connectivity index (χ0n) is 9.77. The minimum atomic E-state index is -0.395. The summed E-state index contributed by atoms with van der Waals surface area (Å²) in [4.78, 5) is 14.0. The zero-order valence-corrected chi connectivity index (χ0v) is 12.2. The van der Waals surface area contributed by atoms with Crippen LogP contribution in [0.4, 0.5) is 0 Å². The largest absolute Gasteiger partial charge is 0.484 e. The predicted octanol–water partition coefficient (Wildman–Crippen LogP) is 2.35. The van der Waals surface area contributed by atoms with E-state index in [9.17, 15) is 4.79 Å². The van der Waals surface area contributed by atoms with Crippen LogP contribution in [0.25, 0.3) is 0 Å². The summed E-state index contributed by atoms with van der Waals surface area (Å²) in [5, 5.41) is 2.96. The summed E-state index contributed by atoms with van der Waals surface area (Å²) in [5.74, 6) is -0.395. The third-order valence-corrected chi connectivity index (χ3v) is 4.39. The molecule has 1 fully saturated rings. The molecule has 7 heteroatoms. The number of esters is 1. The Hall–Kier alpha value is -0.690. The van der Waals surface area contributed by atoms with Crippen molar-refractivity contribution in [1.82, 2.24) is 4.90 Å². The van der Waals surface area contributed by atoms with Crippen molar-refractivity contribution in [2.45, 2.75) is 6.54 Å². The average Bonchev–Trinajstić information content (AvgIpc) is 2.70. The zero-order chi connectivity index (χ0) is 13.1.